The highest BCUT2D eigenvalue weighted by molar-refractivity contribution is 7.89. The van der Waals surface area contributed by atoms with Crippen LogP contribution in [-0.2, 0) is 26.0 Å². The second-order valence-corrected chi connectivity index (χ2v) is 8.28. The van der Waals surface area contributed by atoms with Gasteiger partial charge in [0.2, 0.25) is 10.0 Å². The lowest BCUT2D eigenvalue weighted by Gasteiger charge is -2.38. The first kappa shape index (κ1) is 16.3. The molecule has 2 aromatic carbocycles. The van der Waals surface area contributed by atoms with Crippen molar-refractivity contribution in [1.29, 1.82) is 0 Å². The lowest BCUT2D eigenvalue weighted by molar-refractivity contribution is -0.143. The summed E-state index contributed by atoms with van der Waals surface area (Å²) >= 11 is 0. The summed E-state index contributed by atoms with van der Waals surface area (Å²) in [6.45, 7) is 0.382. The zero-order valence-corrected chi connectivity index (χ0v) is 14.5. The molecule has 6 heteroatoms. The zero-order valence-electron chi connectivity index (χ0n) is 13.7. The number of esters is 1. The number of carbonyl (C=O) groups excluding carboxylic acids is 1. The predicted octanol–water partition coefficient (Wildman–Crippen LogP) is 2.68. The Labute approximate surface area is 147 Å². The largest absolute Gasteiger partial charge is 0.460 e. The first-order valence-electron chi connectivity index (χ1n) is 8.41. The molecule has 5 nitrogen and oxygen atoms in total. The van der Waals surface area contributed by atoms with Gasteiger partial charge in [0.25, 0.3) is 0 Å². The summed E-state index contributed by atoms with van der Waals surface area (Å²) in [5.41, 5.74) is 2.06. The summed E-state index contributed by atoms with van der Waals surface area (Å²) in [4.78, 5) is 11.9. The van der Waals surface area contributed by atoms with Crippen molar-refractivity contribution in [3.63, 3.8) is 0 Å². The summed E-state index contributed by atoms with van der Waals surface area (Å²) in [6.07, 6.45) is 1.09. The van der Waals surface area contributed by atoms with E-state index in [0.29, 0.717) is 25.8 Å². The molecule has 0 spiro atoms. The van der Waals surface area contributed by atoms with Crippen LogP contribution < -0.4 is 0 Å². The Balaban J connectivity index is 1.80. The van der Waals surface area contributed by atoms with Crippen molar-refractivity contribution in [3.05, 3.63) is 65.7 Å². The van der Waals surface area contributed by atoms with E-state index in [0.717, 1.165) is 11.1 Å². The maximum atomic E-state index is 13.2. The van der Waals surface area contributed by atoms with Crippen LogP contribution in [0.3, 0.4) is 0 Å². The number of hydrogen-bond acceptors (Lipinski definition) is 4. The highest BCUT2D eigenvalue weighted by Gasteiger charge is 2.44. The quantitative estimate of drug-likeness (QED) is 0.793. The molecule has 0 N–H and O–H groups in total. The van der Waals surface area contributed by atoms with Gasteiger partial charge < -0.3 is 4.74 Å². The Morgan fingerprint density at radius 2 is 1.68 bits per heavy atom. The van der Waals surface area contributed by atoms with Crippen LogP contribution in [0.1, 0.15) is 30.0 Å². The van der Waals surface area contributed by atoms with Gasteiger partial charge in [0.1, 0.15) is 6.10 Å². The van der Waals surface area contributed by atoms with E-state index in [-0.39, 0.29) is 10.9 Å². The number of rotatable bonds is 3. The molecule has 0 aliphatic carbocycles. The van der Waals surface area contributed by atoms with Gasteiger partial charge in [-0.1, -0.05) is 42.5 Å². The molecular formula is C19H19NO4S. The van der Waals surface area contributed by atoms with Crippen molar-refractivity contribution in [1.82, 2.24) is 4.31 Å². The number of ether oxygens (including phenoxy) is 1. The van der Waals surface area contributed by atoms with Crippen molar-refractivity contribution in [3.8, 4) is 0 Å². The molecule has 2 aromatic rings. The number of fused-ring (bicyclic) bond motifs is 1. The average molecular weight is 357 g/mol. The van der Waals surface area contributed by atoms with E-state index in [1.165, 1.54) is 4.31 Å². The van der Waals surface area contributed by atoms with E-state index in [4.69, 9.17) is 4.74 Å². The molecule has 1 unspecified atom stereocenters. The number of sulfonamides is 1. The second kappa shape index (κ2) is 6.28. The van der Waals surface area contributed by atoms with E-state index >= 15 is 0 Å². The van der Waals surface area contributed by atoms with Crippen molar-refractivity contribution in [2.45, 2.75) is 36.3 Å². The fourth-order valence-electron chi connectivity index (χ4n) is 3.73. The highest BCUT2D eigenvalue weighted by atomic mass is 32.2. The van der Waals surface area contributed by atoms with E-state index in [1.807, 2.05) is 24.3 Å². The minimum atomic E-state index is -3.67. The molecule has 1 saturated heterocycles. The van der Waals surface area contributed by atoms with Crippen LogP contribution >= 0.6 is 0 Å². The summed E-state index contributed by atoms with van der Waals surface area (Å²) in [5.74, 6) is -0.259. The Morgan fingerprint density at radius 3 is 2.40 bits per heavy atom. The minimum Gasteiger partial charge on any atom is -0.460 e. The van der Waals surface area contributed by atoms with Crippen LogP contribution in [0.5, 0.6) is 0 Å². The predicted molar refractivity (Wildman–Crippen MR) is 92.3 cm³/mol. The van der Waals surface area contributed by atoms with Gasteiger partial charge in [0.15, 0.2) is 0 Å². The molecule has 2 aliphatic rings. The van der Waals surface area contributed by atoms with Crippen LogP contribution in [0, 0.1) is 0 Å². The number of carbonyl (C=O) groups is 1. The van der Waals surface area contributed by atoms with Gasteiger partial charge in [-0.2, -0.15) is 4.31 Å². The van der Waals surface area contributed by atoms with Gasteiger partial charge in [0.05, 0.1) is 10.9 Å². The molecular weight excluding hydrogens is 338 g/mol. The van der Waals surface area contributed by atoms with E-state index < -0.39 is 22.2 Å². The summed E-state index contributed by atoms with van der Waals surface area (Å²) in [5, 5.41) is 0. The van der Waals surface area contributed by atoms with Crippen molar-refractivity contribution >= 4 is 16.0 Å². The van der Waals surface area contributed by atoms with Crippen LogP contribution in [0.4, 0.5) is 0 Å². The standard InChI is InChI=1S/C19H19NO4S/c21-18-11-10-17(24-18)19-16-9-5-4-6-14(16)12-13-20(19)25(22,23)15-7-2-1-3-8-15/h1-9,17,19H,10-13H2/t17-,19?/m1/s1. The molecule has 0 saturated carbocycles. The third-order valence-electron chi connectivity index (χ3n) is 4.90. The molecule has 2 atom stereocenters. The van der Waals surface area contributed by atoms with Gasteiger partial charge in [-0.15, -0.1) is 0 Å². The Morgan fingerprint density at radius 1 is 0.960 bits per heavy atom. The van der Waals surface area contributed by atoms with Crippen molar-refractivity contribution in [2.75, 3.05) is 6.54 Å². The average Bonchev–Trinajstić information content (AvgIpc) is 3.07. The second-order valence-electron chi connectivity index (χ2n) is 6.39. The summed E-state index contributed by atoms with van der Waals surface area (Å²) in [6, 6.07) is 15.8. The monoisotopic (exact) mass is 357 g/mol. The van der Waals surface area contributed by atoms with Crippen molar-refractivity contribution in [2.24, 2.45) is 0 Å². The molecule has 2 heterocycles. The molecule has 0 radical (unpaired) electrons. The first-order valence-corrected chi connectivity index (χ1v) is 9.85. The lowest BCUT2D eigenvalue weighted by atomic mass is 9.90. The zero-order chi connectivity index (χ0) is 17.4. The number of nitrogens with zero attached hydrogens (tertiary/aromatic N) is 1. The SMILES string of the molecule is O=C1CC[C@H](C2c3ccccc3CCN2S(=O)(=O)c2ccccc2)O1. The summed E-state index contributed by atoms with van der Waals surface area (Å²) in [7, 11) is -3.67. The Hall–Kier alpha value is -2.18. The maximum absolute atomic E-state index is 13.2. The highest BCUT2D eigenvalue weighted by Crippen LogP contribution is 2.40. The summed E-state index contributed by atoms with van der Waals surface area (Å²) < 4.78 is 33.4. The maximum Gasteiger partial charge on any atom is 0.306 e. The molecule has 4 rings (SSSR count). The fraction of sp³-hybridized carbons (Fsp3) is 0.316. The molecule has 0 aromatic heterocycles. The fourth-order valence-corrected chi connectivity index (χ4v) is 5.38. The van der Waals surface area contributed by atoms with E-state index in [2.05, 4.69) is 0 Å². The van der Waals surface area contributed by atoms with Gasteiger partial charge in [-0.25, -0.2) is 8.42 Å². The smallest absolute Gasteiger partial charge is 0.306 e. The Bertz CT molecular complexity index is 895. The third kappa shape index (κ3) is 2.85. The van der Waals surface area contributed by atoms with Crippen LogP contribution in [0.2, 0.25) is 0 Å². The molecule has 1 fully saturated rings. The van der Waals surface area contributed by atoms with Crippen LogP contribution in [0.15, 0.2) is 59.5 Å². The molecule has 0 bridgehead atoms. The number of cyclic esters (lactones) is 1. The third-order valence-corrected chi connectivity index (χ3v) is 6.80. The first-order chi connectivity index (χ1) is 12.1. The van der Waals surface area contributed by atoms with E-state index in [1.54, 1.807) is 30.3 Å². The van der Waals surface area contributed by atoms with Gasteiger partial charge in [-0.05, 0) is 36.1 Å². The van der Waals surface area contributed by atoms with Gasteiger partial charge >= 0.3 is 5.97 Å². The normalized spacial score (nSPS) is 23.9. The topological polar surface area (TPSA) is 63.7 Å². The molecule has 25 heavy (non-hydrogen) atoms. The van der Waals surface area contributed by atoms with Gasteiger partial charge in [-0.3, -0.25) is 4.79 Å². The number of benzene rings is 2. The van der Waals surface area contributed by atoms with Crippen LogP contribution in [0.25, 0.3) is 0 Å². The van der Waals surface area contributed by atoms with E-state index in [9.17, 15) is 13.2 Å². The molecule has 130 valence electrons. The van der Waals surface area contributed by atoms with Crippen LogP contribution in [-0.4, -0.2) is 31.3 Å². The minimum absolute atomic E-state index is 0.259. The number of hydrogen-bond donors (Lipinski definition) is 0. The van der Waals surface area contributed by atoms with Gasteiger partial charge in [0, 0.05) is 13.0 Å². The Kier molecular flexibility index (Phi) is 4.09. The van der Waals surface area contributed by atoms with Crippen molar-refractivity contribution < 1.29 is 17.9 Å². The lowest BCUT2D eigenvalue weighted by Crippen LogP contribution is -2.45. The molecule has 0 amide bonds. The molecule has 2 aliphatic heterocycles.